The number of aryl methyl sites for hydroxylation is 1. The van der Waals surface area contributed by atoms with Gasteiger partial charge in [-0.15, -0.1) is 5.10 Å². The van der Waals surface area contributed by atoms with Crippen LogP contribution in [0.15, 0.2) is 57.3 Å². The zero-order valence-electron chi connectivity index (χ0n) is 20.6. The fourth-order valence-corrected chi connectivity index (χ4v) is 5.75. The molecule has 0 fully saturated rings. The van der Waals surface area contributed by atoms with Crippen molar-refractivity contribution in [2.75, 3.05) is 17.7 Å². The van der Waals surface area contributed by atoms with Gasteiger partial charge in [0.1, 0.15) is 12.6 Å². The van der Waals surface area contributed by atoms with Crippen LogP contribution in [0.4, 0.5) is 5.95 Å². The second-order valence-corrected chi connectivity index (χ2v) is 10.9. The van der Waals surface area contributed by atoms with Gasteiger partial charge in [0.2, 0.25) is 11.1 Å². The van der Waals surface area contributed by atoms with Gasteiger partial charge in [0.15, 0.2) is 17.3 Å². The molecule has 2 aliphatic rings. The lowest BCUT2D eigenvalue weighted by atomic mass is 9.85. The highest BCUT2D eigenvalue weighted by Crippen LogP contribution is 2.45. The molecule has 1 N–H and O–H groups in total. The normalized spacial score (nSPS) is 16.9. The third-order valence-corrected chi connectivity index (χ3v) is 7.58. The van der Waals surface area contributed by atoms with E-state index in [2.05, 4.69) is 59.4 Å². The zero-order valence-corrected chi connectivity index (χ0v) is 23.0. The van der Waals surface area contributed by atoms with E-state index in [1.165, 1.54) is 5.56 Å². The number of aromatic nitrogens is 3. The number of Topliss-reactive ketones (excluding diaryl/α,β-unsaturated/α-hetero) is 1. The van der Waals surface area contributed by atoms with E-state index in [0.29, 0.717) is 42.2 Å². The topological polar surface area (TPSA) is 78.3 Å². The van der Waals surface area contributed by atoms with Gasteiger partial charge < -0.3 is 14.8 Å². The van der Waals surface area contributed by atoms with Crippen LogP contribution in [0.1, 0.15) is 55.8 Å². The summed E-state index contributed by atoms with van der Waals surface area (Å²) in [4.78, 5) is 17.9. The average molecular weight is 570 g/mol. The van der Waals surface area contributed by atoms with E-state index in [1.54, 1.807) is 11.8 Å². The number of anilines is 1. The van der Waals surface area contributed by atoms with Crippen molar-refractivity contribution in [2.24, 2.45) is 0 Å². The summed E-state index contributed by atoms with van der Waals surface area (Å²) in [5.74, 6) is 2.95. The Balaban J connectivity index is 1.56. The van der Waals surface area contributed by atoms with Crippen LogP contribution >= 0.6 is 27.7 Å². The van der Waals surface area contributed by atoms with Gasteiger partial charge in [-0.1, -0.05) is 48.5 Å². The maximum absolute atomic E-state index is 13.2. The highest BCUT2D eigenvalue weighted by atomic mass is 79.9. The summed E-state index contributed by atoms with van der Waals surface area (Å²) in [5.41, 5.74) is 4.89. The van der Waals surface area contributed by atoms with E-state index in [0.717, 1.165) is 45.5 Å². The Morgan fingerprint density at radius 3 is 2.72 bits per heavy atom. The fourth-order valence-electron chi connectivity index (χ4n) is 4.62. The summed E-state index contributed by atoms with van der Waals surface area (Å²) in [7, 11) is 0. The van der Waals surface area contributed by atoms with Gasteiger partial charge in [0.05, 0.1) is 11.1 Å². The Morgan fingerprint density at radius 1 is 1.17 bits per heavy atom. The molecule has 36 heavy (non-hydrogen) atoms. The molecular weight excluding hydrogens is 540 g/mol. The van der Waals surface area contributed by atoms with Crippen LogP contribution in [0.25, 0.3) is 0 Å². The van der Waals surface area contributed by atoms with Crippen LogP contribution in [-0.2, 0) is 11.4 Å². The number of hydrogen-bond donors (Lipinski definition) is 1. The smallest absolute Gasteiger partial charge is 0.227 e. The SMILES string of the molecule is CCOc1cc(C2C3=C(CCCC3=O)Nc3nc(SCC)nn32)cc(Br)c1OCc1ccc(C)cc1. The fraction of sp³-hybridized carbons (Fsp3) is 0.370. The van der Waals surface area contributed by atoms with Crippen molar-refractivity contribution in [1.29, 1.82) is 0 Å². The van der Waals surface area contributed by atoms with Crippen molar-refractivity contribution in [3.8, 4) is 11.5 Å². The highest BCUT2D eigenvalue weighted by Gasteiger charge is 2.37. The number of allylic oxidation sites excluding steroid dienone is 2. The van der Waals surface area contributed by atoms with Gasteiger partial charge in [-0.25, -0.2) is 4.68 Å². The number of rotatable bonds is 8. The standard InChI is InChI=1S/C27H29BrN4O3S/c1-4-34-22-14-18(13-19(28)25(22)35-15-17-11-9-16(3)10-12-17)24-23-20(7-6-8-21(23)33)29-26-30-27(36-5-2)31-32(24)26/h9-14,24H,4-8,15H2,1-3H3,(H,29,30,31). The third kappa shape index (κ3) is 4.91. The van der Waals surface area contributed by atoms with Crippen LogP contribution in [0, 0.1) is 6.92 Å². The minimum Gasteiger partial charge on any atom is -0.490 e. The zero-order chi connectivity index (χ0) is 25.2. The number of ether oxygens (including phenoxy) is 2. The summed E-state index contributed by atoms with van der Waals surface area (Å²) in [6.07, 6.45) is 2.19. The molecule has 5 rings (SSSR count). The molecular formula is C27H29BrN4O3S. The maximum Gasteiger partial charge on any atom is 0.227 e. The van der Waals surface area contributed by atoms with Crippen molar-refractivity contribution in [3.05, 3.63) is 68.8 Å². The molecule has 9 heteroatoms. The number of nitrogens with one attached hydrogen (secondary N) is 1. The highest BCUT2D eigenvalue weighted by molar-refractivity contribution is 9.10. The molecule has 0 bridgehead atoms. The number of ketones is 1. The molecule has 7 nitrogen and oxygen atoms in total. The van der Waals surface area contributed by atoms with Crippen molar-refractivity contribution in [1.82, 2.24) is 14.8 Å². The van der Waals surface area contributed by atoms with Crippen molar-refractivity contribution < 1.29 is 14.3 Å². The van der Waals surface area contributed by atoms with Crippen LogP contribution < -0.4 is 14.8 Å². The third-order valence-electron chi connectivity index (χ3n) is 6.27. The summed E-state index contributed by atoms with van der Waals surface area (Å²) in [6.45, 7) is 7.00. The Kier molecular flexibility index (Phi) is 7.39. The molecule has 188 valence electrons. The molecule has 0 saturated carbocycles. The number of carbonyl (C=O) groups excluding carboxylic acids is 1. The number of benzene rings is 2. The number of nitrogens with zero attached hydrogens (tertiary/aromatic N) is 3. The van der Waals surface area contributed by atoms with Crippen LogP contribution in [0.2, 0.25) is 0 Å². The average Bonchev–Trinajstić information content (AvgIpc) is 3.25. The molecule has 1 unspecified atom stereocenters. The van der Waals surface area contributed by atoms with Crippen LogP contribution in [-0.4, -0.2) is 32.9 Å². The van der Waals surface area contributed by atoms with Crippen molar-refractivity contribution >= 4 is 39.4 Å². The first-order valence-corrected chi connectivity index (χ1v) is 14.0. The number of halogens is 1. The summed E-state index contributed by atoms with van der Waals surface area (Å²) >= 11 is 5.30. The van der Waals surface area contributed by atoms with Gasteiger partial charge in [0, 0.05) is 17.7 Å². The summed E-state index contributed by atoms with van der Waals surface area (Å²) in [5, 5.41) is 8.84. The van der Waals surface area contributed by atoms with E-state index in [1.807, 2.05) is 23.7 Å². The Hall–Kier alpha value is -2.78. The second kappa shape index (κ2) is 10.7. The number of hydrogen-bond acceptors (Lipinski definition) is 7. The monoisotopic (exact) mass is 568 g/mol. The van der Waals surface area contributed by atoms with E-state index in [-0.39, 0.29) is 11.8 Å². The molecule has 2 aromatic carbocycles. The van der Waals surface area contributed by atoms with Gasteiger partial charge in [-0.05, 0) is 71.6 Å². The first kappa shape index (κ1) is 24.9. The Labute approximate surface area is 223 Å². The van der Waals surface area contributed by atoms with Gasteiger partial charge >= 0.3 is 0 Å². The van der Waals surface area contributed by atoms with E-state index >= 15 is 0 Å². The predicted octanol–water partition coefficient (Wildman–Crippen LogP) is 6.46. The number of fused-ring (bicyclic) bond motifs is 1. The summed E-state index contributed by atoms with van der Waals surface area (Å²) < 4.78 is 14.9. The van der Waals surface area contributed by atoms with Crippen LogP contribution in [0.5, 0.6) is 11.5 Å². The lowest BCUT2D eigenvalue weighted by Gasteiger charge is -2.32. The largest absolute Gasteiger partial charge is 0.490 e. The Bertz CT molecular complexity index is 1320. The second-order valence-electron chi connectivity index (χ2n) is 8.83. The molecule has 0 saturated heterocycles. The van der Waals surface area contributed by atoms with E-state index < -0.39 is 0 Å². The lowest BCUT2D eigenvalue weighted by molar-refractivity contribution is -0.116. The van der Waals surface area contributed by atoms with E-state index in [9.17, 15) is 4.79 Å². The lowest BCUT2D eigenvalue weighted by Crippen LogP contribution is -2.31. The molecule has 0 radical (unpaired) electrons. The summed E-state index contributed by atoms with van der Waals surface area (Å²) in [6, 6.07) is 11.9. The number of carbonyl (C=O) groups is 1. The van der Waals surface area contributed by atoms with Gasteiger partial charge in [-0.2, -0.15) is 4.98 Å². The molecule has 2 heterocycles. The Morgan fingerprint density at radius 2 is 1.97 bits per heavy atom. The molecule has 1 aliphatic carbocycles. The minimum atomic E-state index is -0.385. The molecule has 1 atom stereocenters. The molecule has 3 aromatic rings. The maximum atomic E-state index is 13.2. The van der Waals surface area contributed by atoms with E-state index in [4.69, 9.17) is 19.6 Å². The predicted molar refractivity (Wildman–Crippen MR) is 145 cm³/mol. The first-order chi connectivity index (χ1) is 17.5. The molecule has 1 aliphatic heterocycles. The number of thioether (sulfide) groups is 1. The minimum absolute atomic E-state index is 0.147. The van der Waals surface area contributed by atoms with Crippen molar-refractivity contribution in [3.63, 3.8) is 0 Å². The molecule has 0 spiro atoms. The molecule has 0 amide bonds. The van der Waals surface area contributed by atoms with Gasteiger partial charge in [-0.3, -0.25) is 4.79 Å². The van der Waals surface area contributed by atoms with Crippen molar-refractivity contribution in [2.45, 2.75) is 57.8 Å². The molecule has 1 aromatic heterocycles. The first-order valence-electron chi connectivity index (χ1n) is 12.3. The quantitative estimate of drug-likeness (QED) is 0.312. The van der Waals surface area contributed by atoms with Gasteiger partial charge in [0.25, 0.3) is 0 Å². The van der Waals surface area contributed by atoms with Crippen LogP contribution in [0.3, 0.4) is 0 Å².